The highest BCUT2D eigenvalue weighted by Gasteiger charge is 1.59. The third kappa shape index (κ3) is 13.9. The van der Waals surface area contributed by atoms with Crippen molar-refractivity contribution in [2.75, 3.05) is 0 Å². The maximum atomic E-state index is 3.74. The number of thiazole rings is 1. The number of thiophene rings is 1. The van der Waals surface area contributed by atoms with Crippen molar-refractivity contribution in [3.63, 3.8) is 0 Å². The molecule has 0 aliphatic carbocycles. The molecule has 0 saturated heterocycles. The van der Waals surface area contributed by atoms with E-state index in [0.717, 1.165) is 0 Å². The van der Waals surface area contributed by atoms with Crippen molar-refractivity contribution in [3.8, 4) is 0 Å². The zero-order valence-electron chi connectivity index (χ0n) is 9.31. The van der Waals surface area contributed by atoms with Gasteiger partial charge in [-0.15, -0.1) is 11.3 Å². The Balaban J connectivity index is 0. The van der Waals surface area contributed by atoms with Crippen LogP contribution in [0.3, 0.4) is 0 Å². The lowest BCUT2D eigenvalue weighted by molar-refractivity contribution is 1.43. The van der Waals surface area contributed by atoms with Crippen LogP contribution >= 0.6 is 22.7 Å². The van der Waals surface area contributed by atoms with Gasteiger partial charge in [-0.3, -0.25) is 4.98 Å². The maximum Gasteiger partial charge on any atom is 0.0791 e. The normalized spacial score (nSPS) is 6.57. The largest absolute Gasteiger partial charge is 0.253 e. The molecule has 14 heavy (non-hydrogen) atoms. The SMILES string of the molecule is CC.CC.c1ccsc1.c1cscn1. The second-order valence-corrected chi connectivity index (χ2v) is 3.04. The summed E-state index contributed by atoms with van der Waals surface area (Å²) in [6.45, 7) is 8.00. The van der Waals surface area contributed by atoms with Gasteiger partial charge in [0.15, 0.2) is 0 Å². The molecule has 0 amide bonds. The van der Waals surface area contributed by atoms with Crippen LogP contribution < -0.4 is 0 Å². The van der Waals surface area contributed by atoms with Gasteiger partial charge in [0.05, 0.1) is 5.51 Å². The van der Waals surface area contributed by atoms with E-state index in [4.69, 9.17) is 0 Å². The highest BCUT2D eigenvalue weighted by molar-refractivity contribution is 7.07. The molecule has 0 aromatic carbocycles. The summed E-state index contributed by atoms with van der Waals surface area (Å²) in [6, 6.07) is 4.04. The van der Waals surface area contributed by atoms with Gasteiger partial charge in [0.1, 0.15) is 0 Å². The molecule has 0 N–H and O–H groups in total. The van der Waals surface area contributed by atoms with Crippen molar-refractivity contribution >= 4 is 22.7 Å². The fourth-order valence-corrected chi connectivity index (χ4v) is 1.21. The summed E-state index contributed by atoms with van der Waals surface area (Å²) in [7, 11) is 0. The van der Waals surface area contributed by atoms with Crippen LogP contribution in [0.1, 0.15) is 27.7 Å². The number of hydrogen-bond donors (Lipinski definition) is 0. The number of hydrogen-bond acceptors (Lipinski definition) is 3. The van der Waals surface area contributed by atoms with Gasteiger partial charge >= 0.3 is 0 Å². The molecular weight excluding hydrogens is 210 g/mol. The molecule has 80 valence electrons. The fraction of sp³-hybridized carbons (Fsp3) is 0.364. The topological polar surface area (TPSA) is 12.9 Å². The minimum atomic E-state index is 1.60. The van der Waals surface area contributed by atoms with Crippen LogP contribution in [-0.2, 0) is 0 Å². The Labute approximate surface area is 95.5 Å². The Kier molecular flexibility index (Phi) is 20.5. The minimum absolute atomic E-state index is 1.60. The van der Waals surface area contributed by atoms with E-state index in [1.54, 1.807) is 34.4 Å². The predicted octanol–water partition coefficient (Wildman–Crippen LogP) is 4.94. The van der Waals surface area contributed by atoms with Gasteiger partial charge in [-0.2, -0.15) is 11.3 Å². The molecule has 3 heteroatoms. The monoisotopic (exact) mass is 229 g/mol. The van der Waals surface area contributed by atoms with E-state index in [1.807, 2.05) is 56.0 Å². The van der Waals surface area contributed by atoms with Crippen LogP contribution in [0.2, 0.25) is 0 Å². The third-order valence-electron chi connectivity index (χ3n) is 0.773. The second kappa shape index (κ2) is 18.2. The molecular formula is C11H19NS2. The summed E-state index contributed by atoms with van der Waals surface area (Å²) in [5.41, 5.74) is 1.79. The highest BCUT2D eigenvalue weighted by Crippen LogP contribution is 1.91. The van der Waals surface area contributed by atoms with Crippen LogP contribution in [0.25, 0.3) is 0 Å². The van der Waals surface area contributed by atoms with Gasteiger partial charge < -0.3 is 0 Å². The van der Waals surface area contributed by atoms with Gasteiger partial charge in [0.2, 0.25) is 0 Å². The quantitative estimate of drug-likeness (QED) is 0.623. The van der Waals surface area contributed by atoms with E-state index < -0.39 is 0 Å². The van der Waals surface area contributed by atoms with Gasteiger partial charge in [0.25, 0.3) is 0 Å². The van der Waals surface area contributed by atoms with E-state index in [2.05, 4.69) is 4.98 Å². The lowest BCUT2D eigenvalue weighted by atomic mass is 10.7. The molecule has 0 saturated carbocycles. The molecule has 0 aliphatic heterocycles. The molecule has 0 unspecified atom stereocenters. The summed E-state index contributed by atoms with van der Waals surface area (Å²) in [4.78, 5) is 3.74. The Morgan fingerprint density at radius 2 is 1.36 bits per heavy atom. The summed E-state index contributed by atoms with van der Waals surface area (Å²) >= 11 is 3.31. The fourth-order valence-electron chi connectivity index (χ4n) is 0.402. The van der Waals surface area contributed by atoms with Crippen molar-refractivity contribution in [1.29, 1.82) is 0 Å². The van der Waals surface area contributed by atoms with E-state index in [-0.39, 0.29) is 0 Å². The molecule has 0 fully saturated rings. The van der Waals surface area contributed by atoms with Gasteiger partial charge in [-0.05, 0) is 10.8 Å². The van der Waals surface area contributed by atoms with Gasteiger partial charge in [-0.1, -0.05) is 39.8 Å². The lowest BCUT2D eigenvalue weighted by Gasteiger charge is -1.41. The van der Waals surface area contributed by atoms with Crippen LogP contribution in [0.15, 0.2) is 40.0 Å². The van der Waals surface area contributed by atoms with Crippen molar-refractivity contribution in [2.45, 2.75) is 27.7 Å². The minimum Gasteiger partial charge on any atom is -0.253 e. The molecule has 0 aliphatic rings. The number of aromatic nitrogens is 1. The van der Waals surface area contributed by atoms with E-state index in [9.17, 15) is 0 Å². The Hall–Kier alpha value is -0.670. The molecule has 0 spiro atoms. The zero-order valence-corrected chi connectivity index (χ0v) is 10.9. The van der Waals surface area contributed by atoms with Gasteiger partial charge in [-0.25, -0.2) is 0 Å². The summed E-state index contributed by atoms with van der Waals surface area (Å²) in [5, 5.41) is 6.01. The Bertz CT molecular complexity index is 153. The number of rotatable bonds is 0. The maximum absolute atomic E-state index is 3.74. The first-order valence-electron chi connectivity index (χ1n) is 4.79. The zero-order chi connectivity index (χ0) is 11.1. The molecule has 1 nitrogen and oxygen atoms in total. The summed E-state index contributed by atoms with van der Waals surface area (Å²) in [6.07, 6.45) is 1.77. The predicted molar refractivity (Wildman–Crippen MR) is 69.1 cm³/mol. The van der Waals surface area contributed by atoms with Gasteiger partial charge in [0, 0.05) is 11.6 Å². The van der Waals surface area contributed by atoms with Crippen molar-refractivity contribution in [2.24, 2.45) is 0 Å². The molecule has 2 aromatic rings. The molecule has 2 heterocycles. The number of nitrogens with zero attached hydrogens (tertiary/aromatic N) is 1. The third-order valence-corrected chi connectivity index (χ3v) is 1.92. The molecule has 2 aromatic heterocycles. The molecule has 0 radical (unpaired) electrons. The Morgan fingerprint density at radius 1 is 0.786 bits per heavy atom. The summed E-state index contributed by atoms with van der Waals surface area (Å²) in [5.74, 6) is 0. The summed E-state index contributed by atoms with van der Waals surface area (Å²) < 4.78 is 0. The van der Waals surface area contributed by atoms with Crippen molar-refractivity contribution in [3.05, 3.63) is 40.0 Å². The van der Waals surface area contributed by atoms with E-state index in [1.165, 1.54) is 0 Å². The van der Waals surface area contributed by atoms with E-state index in [0.29, 0.717) is 0 Å². The first-order chi connectivity index (χ1) is 7.00. The molecule has 0 bridgehead atoms. The second-order valence-electron chi connectivity index (χ2n) is 1.47. The van der Waals surface area contributed by atoms with E-state index >= 15 is 0 Å². The van der Waals surface area contributed by atoms with Crippen LogP contribution in [0.5, 0.6) is 0 Å². The molecule has 2 rings (SSSR count). The highest BCUT2D eigenvalue weighted by atomic mass is 32.1. The first-order valence-corrected chi connectivity index (χ1v) is 6.68. The average molecular weight is 229 g/mol. The van der Waals surface area contributed by atoms with Crippen molar-refractivity contribution in [1.82, 2.24) is 4.98 Å². The van der Waals surface area contributed by atoms with Crippen LogP contribution in [-0.4, -0.2) is 4.98 Å². The Morgan fingerprint density at radius 3 is 1.50 bits per heavy atom. The standard InChI is InChI=1S/C4H4S.C3H3NS.2C2H6/c1-2-4-5-3-1;1-2-5-3-4-1;2*1-2/h1-4H;1-3H;2*1-2H3. The lowest BCUT2D eigenvalue weighted by Crippen LogP contribution is -1.38. The first kappa shape index (κ1) is 15.8. The van der Waals surface area contributed by atoms with Crippen molar-refractivity contribution < 1.29 is 0 Å². The average Bonchev–Trinajstić information content (AvgIpc) is 3.01. The van der Waals surface area contributed by atoms with Crippen LogP contribution in [0.4, 0.5) is 0 Å². The van der Waals surface area contributed by atoms with Crippen LogP contribution in [0, 0.1) is 0 Å². The smallest absolute Gasteiger partial charge is 0.0791 e. The molecule has 0 atom stereocenters.